The van der Waals surface area contributed by atoms with Crippen LogP contribution in [0.15, 0.2) is 28.4 Å². The number of H-pyrrole nitrogens is 1. The molecule has 21 heavy (non-hydrogen) atoms. The molecule has 3 N–H and O–H groups in total. The van der Waals surface area contributed by atoms with Gasteiger partial charge in [-0.15, -0.1) is 0 Å². The van der Waals surface area contributed by atoms with Crippen LogP contribution in [0.1, 0.15) is 11.6 Å². The molecule has 3 rings (SSSR count). The minimum absolute atomic E-state index is 0.0156. The van der Waals surface area contributed by atoms with E-state index in [2.05, 4.69) is 15.0 Å². The van der Waals surface area contributed by atoms with Gasteiger partial charge >= 0.3 is 0 Å². The van der Waals surface area contributed by atoms with Crippen molar-refractivity contribution >= 4 is 16.0 Å². The highest BCUT2D eigenvalue weighted by molar-refractivity contribution is 7.89. The summed E-state index contributed by atoms with van der Waals surface area (Å²) in [5.41, 5.74) is 5.64. The molecule has 112 valence electrons. The molecular formula is C11H14N6O3S. The number of imidazole rings is 1. The lowest BCUT2D eigenvalue weighted by Gasteiger charge is -2.36. The summed E-state index contributed by atoms with van der Waals surface area (Å²) in [5, 5.41) is 0.0156. The number of nitrogens with one attached hydrogen (secondary N) is 1. The van der Waals surface area contributed by atoms with Crippen LogP contribution in [0.3, 0.4) is 0 Å². The van der Waals surface area contributed by atoms with E-state index in [0.29, 0.717) is 5.69 Å². The van der Waals surface area contributed by atoms with Crippen LogP contribution < -0.4 is 11.3 Å². The smallest absolute Gasteiger partial charge is 0.262 e. The SMILES string of the molecule is Cn1cnc(S(=O)(=O)N2CC(c3cc(=O)[nH]c(N)n3)C2)c1. The van der Waals surface area contributed by atoms with Crippen molar-refractivity contribution in [3.63, 3.8) is 0 Å². The zero-order valence-electron chi connectivity index (χ0n) is 11.2. The lowest BCUT2D eigenvalue weighted by molar-refractivity contribution is 0.259. The minimum Gasteiger partial charge on any atom is -0.369 e. The monoisotopic (exact) mass is 310 g/mol. The summed E-state index contributed by atoms with van der Waals surface area (Å²) in [7, 11) is -1.88. The molecule has 10 heteroatoms. The Morgan fingerprint density at radius 1 is 1.43 bits per heavy atom. The molecule has 1 fully saturated rings. The van der Waals surface area contributed by atoms with Crippen LogP contribution >= 0.6 is 0 Å². The first-order chi connectivity index (χ1) is 9.86. The van der Waals surface area contributed by atoms with Gasteiger partial charge in [-0.3, -0.25) is 9.78 Å². The summed E-state index contributed by atoms with van der Waals surface area (Å²) in [6.45, 7) is 0.517. The number of hydrogen-bond acceptors (Lipinski definition) is 6. The molecule has 2 aromatic heterocycles. The van der Waals surface area contributed by atoms with Crippen molar-refractivity contribution in [2.45, 2.75) is 10.9 Å². The van der Waals surface area contributed by atoms with Gasteiger partial charge in [-0.25, -0.2) is 18.4 Å². The number of anilines is 1. The van der Waals surface area contributed by atoms with Crippen molar-refractivity contribution < 1.29 is 8.42 Å². The maximum absolute atomic E-state index is 12.3. The van der Waals surface area contributed by atoms with E-state index in [-0.39, 0.29) is 35.5 Å². The van der Waals surface area contributed by atoms with E-state index in [1.165, 1.54) is 22.9 Å². The second kappa shape index (κ2) is 4.67. The van der Waals surface area contributed by atoms with E-state index in [1.54, 1.807) is 11.6 Å². The third kappa shape index (κ3) is 2.43. The normalized spacial score (nSPS) is 16.8. The zero-order valence-corrected chi connectivity index (χ0v) is 12.0. The summed E-state index contributed by atoms with van der Waals surface area (Å²) < 4.78 is 27.4. The van der Waals surface area contributed by atoms with Crippen LogP contribution in [0.4, 0.5) is 5.95 Å². The van der Waals surface area contributed by atoms with Gasteiger partial charge in [0, 0.05) is 38.3 Å². The molecule has 0 radical (unpaired) electrons. The van der Waals surface area contributed by atoms with E-state index >= 15 is 0 Å². The first-order valence-corrected chi connectivity index (χ1v) is 7.65. The molecule has 0 bridgehead atoms. The predicted octanol–water partition coefficient (Wildman–Crippen LogP) is -1.13. The molecule has 1 aliphatic heterocycles. The van der Waals surface area contributed by atoms with Crippen molar-refractivity contribution in [3.8, 4) is 0 Å². The standard InChI is InChI=1S/C11H14N6O3S/c1-16-5-10(13-6-16)21(19,20)17-3-7(4-17)8-2-9(18)15-11(12)14-8/h2,5-7H,3-4H2,1H3,(H3,12,14,15,18). The second-order valence-electron chi connectivity index (χ2n) is 4.95. The molecule has 0 amide bonds. The Labute approximate surface area is 120 Å². The molecule has 0 unspecified atom stereocenters. The molecule has 3 heterocycles. The van der Waals surface area contributed by atoms with Crippen LogP contribution in [-0.2, 0) is 17.1 Å². The summed E-state index contributed by atoms with van der Waals surface area (Å²) in [6, 6.07) is 1.34. The Kier molecular flexibility index (Phi) is 3.06. The fourth-order valence-corrected chi connectivity index (χ4v) is 3.68. The Morgan fingerprint density at radius 3 is 2.71 bits per heavy atom. The van der Waals surface area contributed by atoms with Crippen LogP contribution in [-0.4, -0.2) is 45.3 Å². The van der Waals surface area contributed by atoms with Gasteiger partial charge in [0.2, 0.25) is 5.95 Å². The molecule has 1 saturated heterocycles. The molecule has 0 saturated carbocycles. The van der Waals surface area contributed by atoms with Gasteiger partial charge in [-0.2, -0.15) is 4.31 Å². The number of nitrogens with zero attached hydrogens (tertiary/aromatic N) is 4. The van der Waals surface area contributed by atoms with Crippen molar-refractivity contribution in [2.75, 3.05) is 18.8 Å². The van der Waals surface area contributed by atoms with E-state index in [9.17, 15) is 13.2 Å². The first kappa shape index (κ1) is 13.8. The molecule has 9 nitrogen and oxygen atoms in total. The average Bonchev–Trinajstić information content (AvgIpc) is 2.72. The molecule has 2 aromatic rings. The summed E-state index contributed by atoms with van der Waals surface area (Å²) in [5.74, 6) is -0.100. The number of aryl methyl sites for hydroxylation is 1. The number of nitrogens with two attached hydrogens (primary N) is 1. The number of hydrogen-bond donors (Lipinski definition) is 2. The average molecular weight is 310 g/mol. The van der Waals surface area contributed by atoms with E-state index < -0.39 is 10.0 Å². The van der Waals surface area contributed by atoms with Crippen molar-refractivity contribution in [1.82, 2.24) is 23.8 Å². The number of nitrogen functional groups attached to an aromatic ring is 1. The van der Waals surface area contributed by atoms with Crippen LogP contribution in [0.25, 0.3) is 0 Å². The van der Waals surface area contributed by atoms with Crippen LogP contribution in [0, 0.1) is 0 Å². The highest BCUT2D eigenvalue weighted by atomic mass is 32.2. The molecular weight excluding hydrogens is 296 g/mol. The summed E-state index contributed by atoms with van der Waals surface area (Å²) in [6.07, 6.45) is 2.88. The van der Waals surface area contributed by atoms with Gasteiger partial charge in [-0.05, 0) is 0 Å². The molecule has 0 atom stereocenters. The second-order valence-corrected chi connectivity index (χ2v) is 6.84. The topological polar surface area (TPSA) is 127 Å². The maximum Gasteiger partial charge on any atom is 0.262 e. The number of rotatable bonds is 3. The van der Waals surface area contributed by atoms with Crippen LogP contribution in [0.2, 0.25) is 0 Å². The largest absolute Gasteiger partial charge is 0.369 e. The third-order valence-corrected chi connectivity index (χ3v) is 5.05. The van der Waals surface area contributed by atoms with Gasteiger partial charge in [0.15, 0.2) is 5.03 Å². The van der Waals surface area contributed by atoms with Crippen LogP contribution in [0.5, 0.6) is 0 Å². The van der Waals surface area contributed by atoms with Gasteiger partial charge < -0.3 is 10.3 Å². The molecule has 0 aromatic carbocycles. The third-order valence-electron chi connectivity index (χ3n) is 3.33. The fourth-order valence-electron chi connectivity index (χ4n) is 2.18. The number of sulfonamides is 1. The lowest BCUT2D eigenvalue weighted by atomic mass is 9.99. The van der Waals surface area contributed by atoms with Crippen molar-refractivity contribution in [2.24, 2.45) is 7.05 Å². The Morgan fingerprint density at radius 2 is 2.14 bits per heavy atom. The fraction of sp³-hybridized carbons (Fsp3) is 0.364. The van der Waals surface area contributed by atoms with E-state index in [1.807, 2.05) is 0 Å². The first-order valence-electron chi connectivity index (χ1n) is 6.21. The van der Waals surface area contributed by atoms with E-state index in [0.717, 1.165) is 0 Å². The van der Waals surface area contributed by atoms with Gasteiger partial charge in [0.05, 0.1) is 12.0 Å². The Bertz CT molecular complexity index is 834. The minimum atomic E-state index is -3.59. The number of aromatic nitrogens is 4. The van der Waals surface area contributed by atoms with Gasteiger partial charge in [0.25, 0.3) is 15.6 Å². The highest BCUT2D eigenvalue weighted by Crippen LogP contribution is 2.30. The molecule has 0 aliphatic carbocycles. The molecule has 1 aliphatic rings. The summed E-state index contributed by atoms with van der Waals surface area (Å²) >= 11 is 0. The van der Waals surface area contributed by atoms with E-state index in [4.69, 9.17) is 5.73 Å². The summed E-state index contributed by atoms with van der Waals surface area (Å²) in [4.78, 5) is 21.6. The lowest BCUT2D eigenvalue weighted by Crippen LogP contribution is -2.48. The predicted molar refractivity (Wildman–Crippen MR) is 74.0 cm³/mol. The van der Waals surface area contributed by atoms with Crippen molar-refractivity contribution in [3.05, 3.63) is 34.6 Å². The maximum atomic E-state index is 12.3. The van der Waals surface area contributed by atoms with Crippen molar-refractivity contribution in [1.29, 1.82) is 0 Å². The molecule has 0 spiro atoms. The highest BCUT2D eigenvalue weighted by Gasteiger charge is 2.39. The Hall–Kier alpha value is -2.20. The quantitative estimate of drug-likeness (QED) is 0.739. The van der Waals surface area contributed by atoms with Gasteiger partial charge in [-0.1, -0.05) is 0 Å². The van der Waals surface area contributed by atoms with Gasteiger partial charge in [0.1, 0.15) is 0 Å². The zero-order chi connectivity index (χ0) is 15.2. The Balaban J connectivity index is 1.77. The number of aromatic amines is 1.